The van der Waals surface area contributed by atoms with Crippen molar-refractivity contribution < 1.29 is 18.3 Å². The van der Waals surface area contributed by atoms with Crippen molar-refractivity contribution in [2.24, 2.45) is 0 Å². The zero-order chi connectivity index (χ0) is 13.1. The van der Waals surface area contributed by atoms with Gasteiger partial charge in [0.15, 0.2) is 0 Å². The second kappa shape index (κ2) is 5.67. The number of hydrogen-bond acceptors (Lipinski definition) is 4. The van der Waals surface area contributed by atoms with Gasteiger partial charge in [0.1, 0.15) is 15.9 Å². The standard InChI is InChI=1S/C8H9F3IN3O2/c9-8(10,11)3-15(1-2-16)6-5(12)7(17)14-4-13-6/h4,16H,1-3H2,(H,13,14,17). The molecule has 9 heteroatoms. The number of anilines is 1. The van der Waals surface area contributed by atoms with E-state index >= 15 is 0 Å². The van der Waals surface area contributed by atoms with Gasteiger partial charge in [0.2, 0.25) is 0 Å². The van der Waals surface area contributed by atoms with Gasteiger partial charge in [0.05, 0.1) is 12.9 Å². The molecule has 0 aromatic carbocycles. The highest BCUT2D eigenvalue weighted by molar-refractivity contribution is 14.1. The molecule has 0 spiro atoms. The van der Waals surface area contributed by atoms with Gasteiger partial charge in [-0.15, -0.1) is 0 Å². The van der Waals surface area contributed by atoms with Crippen molar-refractivity contribution in [3.63, 3.8) is 0 Å². The second-order valence-corrected chi connectivity index (χ2v) is 4.21. The van der Waals surface area contributed by atoms with Crippen LogP contribution in [-0.4, -0.2) is 40.9 Å². The van der Waals surface area contributed by atoms with Crippen LogP contribution in [0.25, 0.3) is 0 Å². The molecular formula is C8H9F3IN3O2. The Morgan fingerprint density at radius 3 is 2.71 bits per heavy atom. The summed E-state index contributed by atoms with van der Waals surface area (Å²) in [6.45, 7) is -1.97. The zero-order valence-corrected chi connectivity index (χ0v) is 10.6. The lowest BCUT2D eigenvalue weighted by molar-refractivity contribution is -0.120. The van der Waals surface area contributed by atoms with E-state index in [0.29, 0.717) is 0 Å². The maximum Gasteiger partial charge on any atom is 0.405 e. The number of hydrogen-bond donors (Lipinski definition) is 2. The van der Waals surface area contributed by atoms with E-state index in [1.54, 1.807) is 22.6 Å². The van der Waals surface area contributed by atoms with Gasteiger partial charge in [-0.05, 0) is 22.6 Å². The smallest absolute Gasteiger partial charge is 0.395 e. The lowest BCUT2D eigenvalue weighted by Gasteiger charge is -2.24. The van der Waals surface area contributed by atoms with Gasteiger partial charge >= 0.3 is 6.18 Å². The first kappa shape index (κ1) is 14.2. The minimum atomic E-state index is -4.43. The molecule has 1 aromatic rings. The maximum absolute atomic E-state index is 12.3. The average molecular weight is 363 g/mol. The Kier molecular flexibility index (Phi) is 4.74. The highest BCUT2D eigenvalue weighted by Gasteiger charge is 2.32. The lowest BCUT2D eigenvalue weighted by Crippen LogP contribution is -2.38. The molecule has 2 N–H and O–H groups in total. The van der Waals surface area contributed by atoms with E-state index in [2.05, 4.69) is 9.97 Å². The summed E-state index contributed by atoms with van der Waals surface area (Å²) in [5.74, 6) is -0.0827. The van der Waals surface area contributed by atoms with Gasteiger partial charge in [0.25, 0.3) is 5.56 Å². The van der Waals surface area contributed by atoms with E-state index in [9.17, 15) is 18.0 Å². The van der Waals surface area contributed by atoms with Crippen molar-refractivity contribution in [1.82, 2.24) is 9.97 Å². The van der Waals surface area contributed by atoms with Crippen LogP contribution in [0, 0.1) is 3.57 Å². The molecule has 96 valence electrons. The number of nitrogens with zero attached hydrogens (tertiary/aromatic N) is 2. The third-order valence-electron chi connectivity index (χ3n) is 1.82. The Hall–Kier alpha value is -0.840. The minimum Gasteiger partial charge on any atom is -0.395 e. The van der Waals surface area contributed by atoms with Crippen LogP contribution in [0.2, 0.25) is 0 Å². The van der Waals surface area contributed by atoms with Gasteiger partial charge in [-0.25, -0.2) is 4.98 Å². The number of aromatic nitrogens is 2. The topological polar surface area (TPSA) is 69.2 Å². The SMILES string of the molecule is O=c1[nH]cnc(N(CCO)CC(F)(F)F)c1I. The normalized spacial score (nSPS) is 11.6. The lowest BCUT2D eigenvalue weighted by atomic mass is 10.4. The fourth-order valence-electron chi connectivity index (χ4n) is 1.19. The third-order valence-corrected chi connectivity index (χ3v) is 2.79. The largest absolute Gasteiger partial charge is 0.405 e. The first-order valence-corrected chi connectivity index (χ1v) is 5.59. The fraction of sp³-hybridized carbons (Fsp3) is 0.500. The molecule has 1 aromatic heterocycles. The molecule has 0 saturated heterocycles. The Balaban J connectivity index is 3.05. The van der Waals surface area contributed by atoms with Crippen molar-refractivity contribution in [2.75, 3.05) is 24.6 Å². The van der Waals surface area contributed by atoms with Crippen LogP contribution < -0.4 is 10.5 Å². The molecule has 17 heavy (non-hydrogen) atoms. The summed E-state index contributed by atoms with van der Waals surface area (Å²) in [4.78, 5) is 18.0. The molecule has 0 bridgehead atoms. The number of aliphatic hydroxyl groups is 1. The number of H-pyrrole nitrogens is 1. The highest BCUT2D eigenvalue weighted by atomic mass is 127. The van der Waals surface area contributed by atoms with Gasteiger partial charge < -0.3 is 15.0 Å². The number of aliphatic hydroxyl groups excluding tert-OH is 1. The van der Waals surface area contributed by atoms with Crippen LogP contribution in [0.1, 0.15) is 0 Å². The van der Waals surface area contributed by atoms with Crippen LogP contribution in [0.4, 0.5) is 19.0 Å². The molecule has 0 aliphatic rings. The predicted octanol–water partition coefficient (Wildman–Crippen LogP) is 0.736. The van der Waals surface area contributed by atoms with E-state index in [1.807, 2.05) is 0 Å². The Labute approximate surface area is 108 Å². The van der Waals surface area contributed by atoms with Gasteiger partial charge in [0, 0.05) is 6.54 Å². The summed E-state index contributed by atoms with van der Waals surface area (Å²) in [5, 5.41) is 8.73. The van der Waals surface area contributed by atoms with Crippen LogP contribution >= 0.6 is 22.6 Å². The molecule has 0 amide bonds. The van der Waals surface area contributed by atoms with Crippen molar-refractivity contribution in [3.05, 3.63) is 20.3 Å². The second-order valence-electron chi connectivity index (χ2n) is 3.13. The molecule has 0 saturated carbocycles. The number of halogens is 4. The monoisotopic (exact) mass is 363 g/mol. The summed E-state index contributed by atoms with van der Waals surface area (Å²) in [6.07, 6.45) is -3.40. The van der Waals surface area contributed by atoms with E-state index in [0.717, 1.165) is 11.2 Å². The van der Waals surface area contributed by atoms with Crippen LogP contribution in [0.5, 0.6) is 0 Å². The summed E-state index contributed by atoms with van der Waals surface area (Å²) < 4.78 is 37.0. The molecule has 1 heterocycles. The van der Waals surface area contributed by atoms with E-state index < -0.39 is 24.9 Å². The number of rotatable bonds is 4. The Bertz CT molecular complexity index is 435. The van der Waals surface area contributed by atoms with Crippen molar-refractivity contribution in [1.29, 1.82) is 0 Å². The molecule has 5 nitrogen and oxygen atoms in total. The quantitative estimate of drug-likeness (QED) is 0.775. The number of alkyl halides is 3. The van der Waals surface area contributed by atoms with Gasteiger partial charge in [-0.2, -0.15) is 13.2 Å². The summed E-state index contributed by atoms with van der Waals surface area (Å²) in [5.41, 5.74) is -0.513. The molecule has 0 atom stereocenters. The first-order valence-electron chi connectivity index (χ1n) is 4.51. The van der Waals surface area contributed by atoms with E-state index in [-0.39, 0.29) is 15.9 Å². The molecule has 1 rings (SSSR count). The zero-order valence-electron chi connectivity index (χ0n) is 8.46. The van der Waals surface area contributed by atoms with Crippen LogP contribution in [-0.2, 0) is 0 Å². The van der Waals surface area contributed by atoms with E-state index in [1.165, 1.54) is 0 Å². The third kappa shape index (κ3) is 4.15. The first-order chi connectivity index (χ1) is 7.85. The highest BCUT2D eigenvalue weighted by Crippen LogP contribution is 2.22. The van der Waals surface area contributed by atoms with Crippen molar-refractivity contribution >= 4 is 28.4 Å². The van der Waals surface area contributed by atoms with Crippen molar-refractivity contribution in [2.45, 2.75) is 6.18 Å². The average Bonchev–Trinajstić information content (AvgIpc) is 2.19. The van der Waals surface area contributed by atoms with Crippen LogP contribution in [0.15, 0.2) is 11.1 Å². The number of nitrogens with one attached hydrogen (secondary N) is 1. The molecule has 0 unspecified atom stereocenters. The Morgan fingerprint density at radius 1 is 1.53 bits per heavy atom. The van der Waals surface area contributed by atoms with Crippen LogP contribution in [0.3, 0.4) is 0 Å². The van der Waals surface area contributed by atoms with Gasteiger partial charge in [-0.1, -0.05) is 0 Å². The molecule has 0 aliphatic heterocycles. The molecular weight excluding hydrogens is 354 g/mol. The molecule has 0 radical (unpaired) electrons. The minimum absolute atomic E-state index is 0.0581. The number of aromatic amines is 1. The summed E-state index contributed by atoms with van der Waals surface area (Å²) >= 11 is 1.61. The molecule has 0 aliphatic carbocycles. The Morgan fingerprint density at radius 2 is 2.18 bits per heavy atom. The van der Waals surface area contributed by atoms with E-state index in [4.69, 9.17) is 5.11 Å². The fourth-order valence-corrected chi connectivity index (χ4v) is 1.83. The maximum atomic E-state index is 12.3. The van der Waals surface area contributed by atoms with Crippen molar-refractivity contribution in [3.8, 4) is 0 Å². The summed E-state index contributed by atoms with van der Waals surface area (Å²) in [7, 11) is 0. The predicted molar refractivity (Wildman–Crippen MR) is 62.9 cm³/mol. The molecule has 0 fully saturated rings. The van der Waals surface area contributed by atoms with Gasteiger partial charge in [-0.3, -0.25) is 4.79 Å². The summed E-state index contributed by atoms with van der Waals surface area (Å²) in [6, 6.07) is 0.